The number of pyridine rings is 1. The van der Waals surface area contributed by atoms with E-state index in [4.69, 9.17) is 4.74 Å². The Morgan fingerprint density at radius 1 is 1.42 bits per heavy atom. The van der Waals surface area contributed by atoms with E-state index < -0.39 is 5.97 Å². The summed E-state index contributed by atoms with van der Waals surface area (Å²) >= 11 is 0. The van der Waals surface area contributed by atoms with Crippen LogP contribution in [0.2, 0.25) is 0 Å². The molecule has 5 heteroatoms. The molecule has 0 bridgehead atoms. The van der Waals surface area contributed by atoms with Crippen LogP contribution in [0.15, 0.2) is 24.3 Å². The van der Waals surface area contributed by atoms with Crippen molar-refractivity contribution in [1.82, 2.24) is 10.3 Å². The number of nitrogens with zero attached hydrogens (tertiary/aromatic N) is 1. The van der Waals surface area contributed by atoms with Crippen molar-refractivity contribution in [3.63, 3.8) is 0 Å². The van der Waals surface area contributed by atoms with E-state index in [2.05, 4.69) is 10.3 Å². The van der Waals surface area contributed by atoms with E-state index in [9.17, 15) is 9.90 Å². The zero-order valence-electron chi connectivity index (χ0n) is 10.9. The number of aromatic nitrogens is 1. The molecule has 0 spiro atoms. The number of nitrogens with one attached hydrogen (secondary N) is 1. The number of hydrogen-bond donors (Lipinski definition) is 2. The van der Waals surface area contributed by atoms with Crippen molar-refractivity contribution in [3.05, 3.63) is 35.5 Å². The van der Waals surface area contributed by atoms with Crippen LogP contribution < -0.4 is 10.1 Å². The minimum Gasteiger partial charge on any atom is -0.497 e. The molecule has 0 unspecified atom stereocenters. The lowest BCUT2D eigenvalue weighted by Gasteiger charge is -2.08. The van der Waals surface area contributed by atoms with Crippen LogP contribution in [0.4, 0.5) is 0 Å². The fraction of sp³-hybridized carbons (Fsp3) is 0.286. The van der Waals surface area contributed by atoms with Gasteiger partial charge >= 0.3 is 5.97 Å². The third-order valence-electron chi connectivity index (χ3n) is 2.93. The number of fused-ring (bicyclic) bond motifs is 1. The van der Waals surface area contributed by atoms with Crippen molar-refractivity contribution in [1.29, 1.82) is 0 Å². The molecule has 19 heavy (non-hydrogen) atoms. The second kappa shape index (κ2) is 5.67. The number of carboxylic acid groups (broad SMARTS) is 1. The Labute approximate surface area is 111 Å². The van der Waals surface area contributed by atoms with Gasteiger partial charge in [-0.25, -0.2) is 4.79 Å². The topological polar surface area (TPSA) is 71.5 Å². The highest BCUT2D eigenvalue weighted by molar-refractivity contribution is 6.02. The second-order valence-corrected chi connectivity index (χ2v) is 4.20. The van der Waals surface area contributed by atoms with Gasteiger partial charge in [0.05, 0.1) is 18.2 Å². The molecule has 0 aliphatic heterocycles. The Kier molecular flexibility index (Phi) is 3.97. The number of carbonyl (C=O) groups is 1. The Morgan fingerprint density at radius 3 is 2.84 bits per heavy atom. The summed E-state index contributed by atoms with van der Waals surface area (Å²) in [6, 6.07) is 6.86. The molecule has 0 atom stereocenters. The predicted molar refractivity (Wildman–Crippen MR) is 72.9 cm³/mol. The van der Waals surface area contributed by atoms with Crippen LogP contribution in [-0.4, -0.2) is 36.8 Å². The highest BCUT2D eigenvalue weighted by Gasteiger charge is 2.12. The Hall–Kier alpha value is -2.14. The summed E-state index contributed by atoms with van der Waals surface area (Å²) in [7, 11) is 3.42. The van der Waals surface area contributed by atoms with E-state index in [1.165, 1.54) is 0 Å². The standard InChI is InChI=1S/C14H16N2O3/c1-15-6-5-9-7-12(14(17)18)11-4-3-10(19-2)8-13(11)16-9/h3-4,7-8,15H,5-6H2,1-2H3,(H,17,18). The highest BCUT2D eigenvalue weighted by atomic mass is 16.5. The van der Waals surface area contributed by atoms with Crippen LogP contribution >= 0.6 is 0 Å². The summed E-state index contributed by atoms with van der Waals surface area (Å²) in [4.78, 5) is 15.8. The van der Waals surface area contributed by atoms with Gasteiger partial charge in [-0.3, -0.25) is 4.98 Å². The third-order valence-corrected chi connectivity index (χ3v) is 2.93. The Balaban J connectivity index is 2.58. The van der Waals surface area contributed by atoms with E-state index >= 15 is 0 Å². The van der Waals surface area contributed by atoms with E-state index in [1.807, 2.05) is 7.05 Å². The molecular formula is C14H16N2O3. The van der Waals surface area contributed by atoms with Crippen molar-refractivity contribution in [2.24, 2.45) is 0 Å². The molecule has 2 aromatic rings. The predicted octanol–water partition coefficient (Wildman–Crippen LogP) is 1.70. The van der Waals surface area contributed by atoms with Crippen molar-refractivity contribution in [2.45, 2.75) is 6.42 Å². The Morgan fingerprint density at radius 2 is 2.21 bits per heavy atom. The SMILES string of the molecule is CNCCc1cc(C(=O)O)c2ccc(OC)cc2n1. The zero-order chi connectivity index (χ0) is 13.8. The van der Waals surface area contributed by atoms with E-state index in [0.717, 1.165) is 12.2 Å². The van der Waals surface area contributed by atoms with Gasteiger partial charge in [0.2, 0.25) is 0 Å². The molecule has 1 heterocycles. The lowest BCUT2D eigenvalue weighted by molar-refractivity contribution is 0.0699. The van der Waals surface area contributed by atoms with Crippen LogP contribution in [0, 0.1) is 0 Å². The minimum absolute atomic E-state index is 0.277. The largest absolute Gasteiger partial charge is 0.497 e. The fourth-order valence-electron chi connectivity index (χ4n) is 1.95. The number of benzene rings is 1. The van der Waals surface area contributed by atoms with Gasteiger partial charge in [0, 0.05) is 30.1 Å². The molecule has 0 aliphatic carbocycles. The number of rotatable bonds is 5. The van der Waals surface area contributed by atoms with E-state index in [0.29, 0.717) is 23.1 Å². The van der Waals surface area contributed by atoms with Gasteiger partial charge in [0.1, 0.15) is 5.75 Å². The highest BCUT2D eigenvalue weighted by Crippen LogP contribution is 2.23. The average molecular weight is 260 g/mol. The fourth-order valence-corrected chi connectivity index (χ4v) is 1.95. The van der Waals surface area contributed by atoms with Crippen LogP contribution in [0.1, 0.15) is 16.1 Å². The molecule has 2 rings (SSSR count). The van der Waals surface area contributed by atoms with Gasteiger partial charge in [0.15, 0.2) is 0 Å². The van der Waals surface area contributed by atoms with Gasteiger partial charge in [-0.1, -0.05) is 0 Å². The average Bonchev–Trinajstić information content (AvgIpc) is 2.43. The molecule has 1 aromatic heterocycles. The first-order chi connectivity index (χ1) is 9.15. The summed E-state index contributed by atoms with van der Waals surface area (Å²) in [5.74, 6) is -0.273. The van der Waals surface area contributed by atoms with Gasteiger partial charge in [-0.2, -0.15) is 0 Å². The van der Waals surface area contributed by atoms with Crippen molar-refractivity contribution >= 4 is 16.9 Å². The van der Waals surface area contributed by atoms with Crippen LogP contribution in [0.3, 0.4) is 0 Å². The van der Waals surface area contributed by atoms with Gasteiger partial charge in [0.25, 0.3) is 0 Å². The normalized spacial score (nSPS) is 10.6. The first-order valence-electron chi connectivity index (χ1n) is 6.01. The lowest BCUT2D eigenvalue weighted by atomic mass is 10.1. The molecule has 1 aromatic carbocycles. The van der Waals surface area contributed by atoms with Gasteiger partial charge in [-0.05, 0) is 25.2 Å². The first kappa shape index (κ1) is 13.3. The molecular weight excluding hydrogens is 244 g/mol. The molecule has 0 saturated heterocycles. The second-order valence-electron chi connectivity index (χ2n) is 4.20. The van der Waals surface area contributed by atoms with Gasteiger partial charge in [-0.15, -0.1) is 0 Å². The Bertz CT molecular complexity index is 611. The molecule has 100 valence electrons. The lowest BCUT2D eigenvalue weighted by Crippen LogP contribution is -2.12. The molecule has 5 nitrogen and oxygen atoms in total. The molecule has 0 aliphatic rings. The summed E-state index contributed by atoms with van der Waals surface area (Å²) < 4.78 is 5.14. The van der Waals surface area contributed by atoms with Crippen LogP contribution in [-0.2, 0) is 6.42 Å². The minimum atomic E-state index is -0.941. The van der Waals surface area contributed by atoms with E-state index in [1.54, 1.807) is 31.4 Å². The summed E-state index contributed by atoms with van der Waals surface area (Å²) in [5, 5.41) is 12.9. The smallest absolute Gasteiger partial charge is 0.336 e. The summed E-state index contributed by atoms with van der Waals surface area (Å²) in [6.45, 7) is 0.752. The zero-order valence-corrected chi connectivity index (χ0v) is 10.9. The maximum absolute atomic E-state index is 11.3. The maximum atomic E-state index is 11.3. The molecule has 2 N–H and O–H groups in total. The number of aromatic carboxylic acids is 1. The quantitative estimate of drug-likeness (QED) is 0.856. The van der Waals surface area contributed by atoms with Crippen LogP contribution in [0.5, 0.6) is 5.75 Å². The third kappa shape index (κ3) is 2.82. The number of methoxy groups -OCH3 is 1. The van der Waals surface area contributed by atoms with Crippen molar-refractivity contribution in [3.8, 4) is 5.75 Å². The van der Waals surface area contributed by atoms with Crippen molar-refractivity contribution in [2.75, 3.05) is 20.7 Å². The number of ether oxygens (including phenoxy) is 1. The molecule has 0 radical (unpaired) electrons. The summed E-state index contributed by atoms with van der Waals surface area (Å²) in [6.07, 6.45) is 0.684. The van der Waals surface area contributed by atoms with Gasteiger partial charge < -0.3 is 15.2 Å². The monoisotopic (exact) mass is 260 g/mol. The first-order valence-corrected chi connectivity index (χ1v) is 6.01. The molecule has 0 amide bonds. The molecule has 0 saturated carbocycles. The van der Waals surface area contributed by atoms with E-state index in [-0.39, 0.29) is 5.56 Å². The van der Waals surface area contributed by atoms with Crippen LogP contribution in [0.25, 0.3) is 10.9 Å². The maximum Gasteiger partial charge on any atom is 0.336 e. The number of likely N-dealkylation sites (N-methyl/N-ethyl adjacent to an activating group) is 1. The number of carboxylic acids is 1. The van der Waals surface area contributed by atoms with Crippen molar-refractivity contribution < 1.29 is 14.6 Å². The molecule has 0 fully saturated rings. The summed E-state index contributed by atoms with van der Waals surface area (Å²) in [5.41, 5.74) is 1.68. The number of hydrogen-bond acceptors (Lipinski definition) is 4.